The fourth-order valence-corrected chi connectivity index (χ4v) is 0.747. The second-order valence-corrected chi connectivity index (χ2v) is 2.17. The average Bonchev–Trinajstić information content (AvgIpc) is 1.83. The molecule has 0 aromatic heterocycles. The molecule has 0 amide bonds. The van der Waals surface area contributed by atoms with Gasteiger partial charge in [0, 0.05) is 5.03 Å². The molecule has 0 heterocycles. The summed E-state index contributed by atoms with van der Waals surface area (Å²) < 4.78 is 7.06. The molecule has 0 spiro atoms. The Morgan fingerprint density at radius 2 is 2.33 bits per heavy atom. The summed E-state index contributed by atoms with van der Waals surface area (Å²) in [5.41, 5.74) is 0. The quantitative estimate of drug-likeness (QED) is 0.521. The van der Waals surface area contributed by atoms with Crippen LogP contribution in [0.5, 0.6) is 0 Å². The number of halogens is 1. The Balaban J connectivity index is 2.89. The van der Waals surface area contributed by atoms with Crippen molar-refractivity contribution >= 4 is 11.6 Å². The number of aliphatic hydroxyl groups excluding tert-OH is 1. The van der Waals surface area contributed by atoms with E-state index in [1.54, 1.807) is 0 Å². The van der Waals surface area contributed by atoms with Crippen molar-refractivity contribution in [1.29, 1.82) is 0 Å². The molecule has 0 aromatic rings. The fraction of sp³-hybridized carbons (Fsp3) is 0.333. The molecule has 1 aliphatic carbocycles. The topological polar surface area (TPSA) is 40.5 Å². The first kappa shape index (κ1) is 5.47. The first-order valence-electron chi connectivity index (χ1n) is 2.99. The number of hydrogen-bond acceptors (Lipinski definition) is 2. The molecule has 0 unspecified atom stereocenters. The van der Waals surface area contributed by atoms with Gasteiger partial charge in [-0.25, -0.2) is 0 Å². The third kappa shape index (κ3) is 1.33. The van der Waals surface area contributed by atoms with E-state index in [2.05, 4.69) is 0 Å². The minimum atomic E-state index is -1.97. The van der Waals surface area contributed by atoms with Gasteiger partial charge in [-0.3, -0.25) is 0 Å². The molecule has 9 heavy (non-hydrogen) atoms. The van der Waals surface area contributed by atoms with Crippen LogP contribution in [0.3, 0.4) is 0 Å². The highest BCUT2D eigenvalue weighted by Crippen LogP contribution is 2.16. The third-order valence-electron chi connectivity index (χ3n) is 1.06. The van der Waals surface area contributed by atoms with Crippen LogP contribution in [0, 0.1) is 0 Å². The molecule has 2 atom stereocenters. The molecule has 2 nitrogen and oxygen atoms in total. The lowest BCUT2D eigenvalue weighted by atomic mass is 10.1. The smallest absolute Gasteiger partial charge is 0.119 e. The minimum absolute atomic E-state index is 0.0833. The Morgan fingerprint density at radius 3 is 2.78 bits per heavy atom. The lowest BCUT2D eigenvalue weighted by molar-refractivity contribution is 0.0764. The molecule has 0 saturated heterocycles. The second-order valence-electron chi connectivity index (χ2n) is 1.74. The maximum atomic E-state index is 9.02. The lowest BCUT2D eigenvalue weighted by Crippen LogP contribution is -2.25. The van der Waals surface area contributed by atoms with Crippen LogP contribution in [0.15, 0.2) is 23.3 Å². The van der Waals surface area contributed by atoms with E-state index in [9.17, 15) is 0 Å². The van der Waals surface area contributed by atoms with E-state index in [4.69, 9.17) is 23.2 Å². The van der Waals surface area contributed by atoms with Crippen LogP contribution < -0.4 is 0 Å². The highest BCUT2D eigenvalue weighted by molar-refractivity contribution is 6.30. The number of hydrogen-bond donors (Lipinski definition) is 2. The standard InChI is InChI=1S/C6H7ClO2/c7-4-2-1-3-5(8)6(4)9/h1-3,5-6,8-9H/t5-,6+/m0/s1/i5D. The largest absolute Gasteiger partial charge is 0.386 e. The summed E-state index contributed by atoms with van der Waals surface area (Å²) in [6.45, 7) is 0. The highest BCUT2D eigenvalue weighted by Gasteiger charge is 2.18. The molecular formula is C6H7ClO2. The SMILES string of the molecule is [2H][C@]1(O)C=CC=C(Cl)[C@H]1O. The van der Waals surface area contributed by atoms with Gasteiger partial charge in [0.25, 0.3) is 0 Å². The van der Waals surface area contributed by atoms with Crippen molar-refractivity contribution in [2.75, 3.05) is 0 Å². The van der Waals surface area contributed by atoms with Crippen molar-refractivity contribution in [3.63, 3.8) is 0 Å². The molecule has 0 aromatic carbocycles. The highest BCUT2D eigenvalue weighted by atomic mass is 35.5. The van der Waals surface area contributed by atoms with Gasteiger partial charge in [-0.05, 0) is 6.08 Å². The predicted octanol–water partition coefficient (Wildman–Crippen LogP) is 0.401. The minimum Gasteiger partial charge on any atom is -0.386 e. The van der Waals surface area contributed by atoms with E-state index in [0.29, 0.717) is 0 Å². The Bertz CT molecular complexity index is 198. The van der Waals surface area contributed by atoms with Gasteiger partial charge in [0.15, 0.2) is 0 Å². The van der Waals surface area contributed by atoms with Crippen LogP contribution in [0.2, 0.25) is 0 Å². The zero-order chi connectivity index (χ0) is 7.78. The first-order chi connectivity index (χ1) is 4.54. The normalized spacial score (nSPS) is 44.1. The van der Waals surface area contributed by atoms with E-state index < -0.39 is 12.2 Å². The lowest BCUT2D eigenvalue weighted by Gasteiger charge is -2.15. The van der Waals surface area contributed by atoms with Crippen LogP contribution in [-0.2, 0) is 0 Å². The Morgan fingerprint density at radius 1 is 1.67 bits per heavy atom. The summed E-state index contributed by atoms with van der Waals surface area (Å²) in [6.07, 6.45) is 0.756. The molecule has 0 fully saturated rings. The Labute approximate surface area is 59.5 Å². The maximum absolute atomic E-state index is 9.02. The molecule has 50 valence electrons. The molecule has 0 radical (unpaired) electrons. The zero-order valence-corrected chi connectivity index (χ0v) is 5.34. The third-order valence-corrected chi connectivity index (χ3v) is 1.40. The van der Waals surface area contributed by atoms with Crippen molar-refractivity contribution in [2.24, 2.45) is 0 Å². The van der Waals surface area contributed by atoms with Crippen molar-refractivity contribution in [1.82, 2.24) is 0 Å². The van der Waals surface area contributed by atoms with Crippen molar-refractivity contribution in [3.05, 3.63) is 23.3 Å². The summed E-state index contributed by atoms with van der Waals surface area (Å²) in [6, 6.07) is 0. The molecule has 3 heteroatoms. The number of allylic oxidation sites excluding steroid dienone is 2. The zero-order valence-electron chi connectivity index (χ0n) is 5.58. The molecule has 1 rings (SSSR count). The van der Waals surface area contributed by atoms with Crippen LogP contribution in [0.4, 0.5) is 0 Å². The van der Waals surface area contributed by atoms with Crippen LogP contribution in [0.1, 0.15) is 1.37 Å². The molecule has 1 aliphatic rings. The van der Waals surface area contributed by atoms with Gasteiger partial charge in [-0.15, -0.1) is 0 Å². The van der Waals surface area contributed by atoms with Gasteiger partial charge in [0.2, 0.25) is 0 Å². The Hall–Kier alpha value is -0.310. The van der Waals surface area contributed by atoms with Crippen LogP contribution in [0.25, 0.3) is 0 Å². The predicted molar refractivity (Wildman–Crippen MR) is 35.1 cm³/mol. The molecular weight excluding hydrogens is 140 g/mol. The summed E-state index contributed by atoms with van der Waals surface area (Å²) in [5, 5.41) is 18.1. The van der Waals surface area contributed by atoms with Crippen LogP contribution in [-0.4, -0.2) is 22.4 Å². The summed E-state index contributed by atoms with van der Waals surface area (Å²) in [5.74, 6) is 0. The monoisotopic (exact) mass is 147 g/mol. The summed E-state index contributed by atoms with van der Waals surface area (Å²) in [4.78, 5) is 0. The molecule has 0 aliphatic heterocycles. The first-order valence-corrected chi connectivity index (χ1v) is 2.87. The average molecular weight is 148 g/mol. The van der Waals surface area contributed by atoms with Gasteiger partial charge in [0.1, 0.15) is 12.2 Å². The number of aliphatic hydroxyl groups is 2. The van der Waals surface area contributed by atoms with Crippen molar-refractivity contribution < 1.29 is 11.6 Å². The van der Waals surface area contributed by atoms with E-state index >= 15 is 0 Å². The van der Waals surface area contributed by atoms with Gasteiger partial charge in [-0.2, -0.15) is 0 Å². The molecule has 0 saturated carbocycles. The van der Waals surface area contributed by atoms with Gasteiger partial charge >= 0.3 is 0 Å². The van der Waals surface area contributed by atoms with E-state index in [1.807, 2.05) is 0 Å². The van der Waals surface area contributed by atoms with Crippen LogP contribution >= 0.6 is 11.6 Å². The van der Waals surface area contributed by atoms with Crippen molar-refractivity contribution in [2.45, 2.75) is 12.2 Å². The van der Waals surface area contributed by atoms with E-state index in [-0.39, 0.29) is 5.03 Å². The van der Waals surface area contributed by atoms with E-state index in [1.165, 1.54) is 18.2 Å². The van der Waals surface area contributed by atoms with Crippen molar-refractivity contribution in [3.8, 4) is 0 Å². The molecule has 0 bridgehead atoms. The van der Waals surface area contributed by atoms with Gasteiger partial charge in [0.05, 0.1) is 1.37 Å². The fourth-order valence-electron chi connectivity index (χ4n) is 0.562. The number of rotatable bonds is 0. The van der Waals surface area contributed by atoms with Gasteiger partial charge in [-0.1, -0.05) is 23.8 Å². The molecule has 2 N–H and O–H groups in total. The van der Waals surface area contributed by atoms with E-state index in [0.717, 1.165) is 0 Å². The summed E-state index contributed by atoms with van der Waals surface area (Å²) >= 11 is 5.43. The Kier molecular flexibility index (Phi) is 1.53. The van der Waals surface area contributed by atoms with Gasteiger partial charge < -0.3 is 10.2 Å². The second kappa shape index (κ2) is 2.52. The summed E-state index contributed by atoms with van der Waals surface area (Å²) in [7, 11) is 0. The maximum Gasteiger partial charge on any atom is 0.119 e.